The molecule has 18 heavy (non-hydrogen) atoms. The Bertz CT molecular complexity index is 364. The van der Waals surface area contributed by atoms with Crippen molar-refractivity contribution in [3.8, 4) is 0 Å². The third-order valence-corrected chi connectivity index (χ3v) is 2.76. The fraction of sp³-hybridized carbons (Fsp3) is 0.615. The van der Waals surface area contributed by atoms with Crippen molar-refractivity contribution in [2.45, 2.75) is 33.6 Å². The van der Waals surface area contributed by atoms with Crippen LogP contribution in [0.2, 0.25) is 0 Å². The van der Waals surface area contributed by atoms with Crippen LogP contribution in [0.5, 0.6) is 0 Å². The lowest BCUT2D eigenvalue weighted by atomic mass is 10.1. The van der Waals surface area contributed by atoms with Gasteiger partial charge in [-0.3, -0.25) is 4.79 Å². The zero-order valence-electron chi connectivity index (χ0n) is 11.4. The van der Waals surface area contributed by atoms with Crippen LogP contribution in [-0.2, 0) is 0 Å². The van der Waals surface area contributed by atoms with Crippen molar-refractivity contribution in [2.75, 3.05) is 18.4 Å². The lowest BCUT2D eigenvalue weighted by molar-refractivity contribution is 0.0942. The summed E-state index contributed by atoms with van der Waals surface area (Å²) in [4.78, 5) is 11.8. The zero-order chi connectivity index (χ0) is 13.4. The fourth-order valence-electron chi connectivity index (χ4n) is 1.30. The summed E-state index contributed by atoms with van der Waals surface area (Å²) in [5.74, 6) is 1.02. The molecule has 0 aromatic carbocycles. The molecule has 0 bridgehead atoms. The van der Waals surface area contributed by atoms with Crippen LogP contribution in [0.3, 0.4) is 0 Å². The average molecular weight is 250 g/mol. The maximum Gasteiger partial charge on any atom is 0.271 e. The molecule has 1 aromatic rings. The molecule has 5 nitrogen and oxygen atoms in total. The van der Waals surface area contributed by atoms with E-state index < -0.39 is 0 Å². The molecule has 1 rings (SSSR count). The standard InChI is InChI=1S/C13H22N4O/c1-4-8-14-12-7-6-11(16-17-12)13(18)15-9-10(3)5-2/h6-7,10H,4-5,8-9H2,1-3H3,(H,14,17)(H,15,18). The van der Waals surface area contributed by atoms with E-state index in [9.17, 15) is 4.79 Å². The van der Waals surface area contributed by atoms with Crippen LogP contribution in [0.15, 0.2) is 12.1 Å². The highest BCUT2D eigenvalue weighted by atomic mass is 16.1. The summed E-state index contributed by atoms with van der Waals surface area (Å²) in [5, 5.41) is 13.8. The van der Waals surface area contributed by atoms with Crippen LogP contribution < -0.4 is 10.6 Å². The Labute approximate surface area is 108 Å². The van der Waals surface area contributed by atoms with Gasteiger partial charge >= 0.3 is 0 Å². The number of hydrogen-bond donors (Lipinski definition) is 2. The van der Waals surface area contributed by atoms with E-state index in [1.807, 2.05) is 0 Å². The van der Waals surface area contributed by atoms with Crippen LogP contribution >= 0.6 is 0 Å². The van der Waals surface area contributed by atoms with Gasteiger partial charge in [0, 0.05) is 13.1 Å². The number of nitrogens with zero attached hydrogens (tertiary/aromatic N) is 2. The molecule has 5 heteroatoms. The summed E-state index contributed by atoms with van der Waals surface area (Å²) in [5.41, 5.74) is 0.361. The normalized spacial score (nSPS) is 11.9. The summed E-state index contributed by atoms with van der Waals surface area (Å²) < 4.78 is 0. The quantitative estimate of drug-likeness (QED) is 0.777. The average Bonchev–Trinajstić information content (AvgIpc) is 2.42. The van der Waals surface area contributed by atoms with Gasteiger partial charge in [-0.2, -0.15) is 0 Å². The van der Waals surface area contributed by atoms with Crippen LogP contribution in [0.1, 0.15) is 44.1 Å². The fourth-order valence-corrected chi connectivity index (χ4v) is 1.30. The van der Waals surface area contributed by atoms with Crippen LogP contribution in [0.25, 0.3) is 0 Å². The van der Waals surface area contributed by atoms with Gasteiger partial charge in [-0.1, -0.05) is 27.2 Å². The van der Waals surface area contributed by atoms with Gasteiger partial charge < -0.3 is 10.6 Å². The van der Waals surface area contributed by atoms with E-state index in [0.29, 0.717) is 24.0 Å². The Balaban J connectivity index is 2.48. The Morgan fingerprint density at radius 1 is 1.33 bits per heavy atom. The minimum Gasteiger partial charge on any atom is -0.369 e. The van der Waals surface area contributed by atoms with Gasteiger partial charge in [0.2, 0.25) is 0 Å². The smallest absolute Gasteiger partial charge is 0.271 e. The van der Waals surface area contributed by atoms with E-state index in [-0.39, 0.29) is 5.91 Å². The Hall–Kier alpha value is -1.65. The number of amides is 1. The van der Waals surface area contributed by atoms with Gasteiger partial charge in [-0.05, 0) is 24.5 Å². The summed E-state index contributed by atoms with van der Waals surface area (Å²) in [6.45, 7) is 7.81. The molecule has 100 valence electrons. The van der Waals surface area contributed by atoms with Crippen LogP contribution in [-0.4, -0.2) is 29.2 Å². The first kappa shape index (κ1) is 14.4. The summed E-state index contributed by atoms with van der Waals surface area (Å²) in [6, 6.07) is 3.47. The van der Waals surface area contributed by atoms with E-state index in [1.165, 1.54) is 0 Å². The summed E-state index contributed by atoms with van der Waals surface area (Å²) in [7, 11) is 0. The van der Waals surface area contributed by atoms with Gasteiger partial charge in [0.1, 0.15) is 5.82 Å². The molecule has 0 spiro atoms. The highest BCUT2D eigenvalue weighted by molar-refractivity contribution is 5.92. The van der Waals surface area contributed by atoms with Crippen molar-refractivity contribution in [1.29, 1.82) is 0 Å². The Kier molecular flexibility index (Phi) is 6.11. The molecule has 0 fully saturated rings. The van der Waals surface area contributed by atoms with E-state index in [0.717, 1.165) is 19.4 Å². The van der Waals surface area contributed by atoms with Crippen molar-refractivity contribution in [2.24, 2.45) is 5.92 Å². The molecule has 1 amide bonds. The topological polar surface area (TPSA) is 66.9 Å². The molecule has 0 aliphatic rings. The van der Waals surface area contributed by atoms with Crippen LogP contribution in [0, 0.1) is 5.92 Å². The SMILES string of the molecule is CCCNc1ccc(C(=O)NCC(C)CC)nn1. The van der Waals surface area contributed by atoms with E-state index in [4.69, 9.17) is 0 Å². The molecule has 0 saturated heterocycles. The summed E-state index contributed by atoms with van der Waals surface area (Å²) >= 11 is 0. The van der Waals surface area contributed by atoms with Crippen molar-refractivity contribution < 1.29 is 4.79 Å². The first-order chi connectivity index (χ1) is 8.67. The number of nitrogens with one attached hydrogen (secondary N) is 2. The highest BCUT2D eigenvalue weighted by Crippen LogP contribution is 2.03. The number of carbonyl (C=O) groups excluding carboxylic acids is 1. The first-order valence-electron chi connectivity index (χ1n) is 6.53. The molecule has 2 N–H and O–H groups in total. The Morgan fingerprint density at radius 2 is 2.11 bits per heavy atom. The number of aromatic nitrogens is 2. The highest BCUT2D eigenvalue weighted by Gasteiger charge is 2.08. The lowest BCUT2D eigenvalue weighted by Crippen LogP contribution is -2.29. The molecule has 0 aliphatic heterocycles. The molecular weight excluding hydrogens is 228 g/mol. The van der Waals surface area contributed by atoms with Gasteiger partial charge in [0.25, 0.3) is 5.91 Å². The second-order valence-electron chi connectivity index (χ2n) is 4.45. The van der Waals surface area contributed by atoms with Gasteiger partial charge in [0.15, 0.2) is 5.69 Å². The maximum absolute atomic E-state index is 11.8. The largest absolute Gasteiger partial charge is 0.369 e. The maximum atomic E-state index is 11.8. The molecule has 0 aliphatic carbocycles. The Morgan fingerprint density at radius 3 is 2.67 bits per heavy atom. The number of rotatable bonds is 7. The second-order valence-corrected chi connectivity index (χ2v) is 4.45. The lowest BCUT2D eigenvalue weighted by Gasteiger charge is -2.09. The molecule has 0 saturated carbocycles. The monoisotopic (exact) mass is 250 g/mol. The third-order valence-electron chi connectivity index (χ3n) is 2.76. The van der Waals surface area contributed by atoms with Crippen molar-refractivity contribution in [1.82, 2.24) is 15.5 Å². The van der Waals surface area contributed by atoms with Gasteiger partial charge in [-0.15, -0.1) is 10.2 Å². The van der Waals surface area contributed by atoms with E-state index in [2.05, 4.69) is 41.6 Å². The summed E-state index contributed by atoms with van der Waals surface area (Å²) in [6.07, 6.45) is 2.07. The van der Waals surface area contributed by atoms with Gasteiger partial charge in [-0.25, -0.2) is 0 Å². The van der Waals surface area contributed by atoms with Crippen molar-refractivity contribution >= 4 is 11.7 Å². The second kappa shape index (κ2) is 7.63. The van der Waals surface area contributed by atoms with Gasteiger partial charge in [0.05, 0.1) is 0 Å². The molecule has 1 heterocycles. The number of anilines is 1. The number of carbonyl (C=O) groups is 1. The molecular formula is C13H22N4O. The zero-order valence-corrected chi connectivity index (χ0v) is 11.4. The molecule has 1 aromatic heterocycles. The molecule has 1 atom stereocenters. The van der Waals surface area contributed by atoms with Crippen LogP contribution in [0.4, 0.5) is 5.82 Å². The molecule has 1 unspecified atom stereocenters. The predicted octanol–water partition coefficient (Wildman–Crippen LogP) is 2.07. The van der Waals surface area contributed by atoms with E-state index >= 15 is 0 Å². The minimum atomic E-state index is -0.162. The first-order valence-corrected chi connectivity index (χ1v) is 6.53. The van der Waals surface area contributed by atoms with Crippen molar-refractivity contribution in [3.05, 3.63) is 17.8 Å². The minimum absolute atomic E-state index is 0.162. The predicted molar refractivity (Wildman–Crippen MR) is 72.6 cm³/mol. The third kappa shape index (κ3) is 4.69. The van der Waals surface area contributed by atoms with E-state index in [1.54, 1.807) is 12.1 Å². The molecule has 0 radical (unpaired) electrons. The number of hydrogen-bond acceptors (Lipinski definition) is 4. The van der Waals surface area contributed by atoms with Crippen molar-refractivity contribution in [3.63, 3.8) is 0 Å².